The van der Waals surface area contributed by atoms with E-state index in [9.17, 15) is 14.7 Å². The molecule has 2 aromatic carbocycles. The van der Waals surface area contributed by atoms with E-state index in [1.54, 1.807) is 90.0 Å². The molecule has 0 saturated carbocycles. The van der Waals surface area contributed by atoms with Crippen LogP contribution in [0.5, 0.6) is 11.5 Å². The lowest BCUT2D eigenvalue weighted by atomic mass is 9.98. The van der Waals surface area contributed by atoms with Crippen molar-refractivity contribution < 1.29 is 47.5 Å². The van der Waals surface area contributed by atoms with E-state index in [4.69, 9.17) is 28.4 Å². The summed E-state index contributed by atoms with van der Waals surface area (Å²) in [6, 6.07) is 10.7. The summed E-state index contributed by atoms with van der Waals surface area (Å²) < 4.78 is 51.5. The van der Waals surface area contributed by atoms with Gasteiger partial charge in [-0.2, -0.15) is 0 Å². The highest BCUT2D eigenvalue weighted by atomic mass is 19.1. The standard InChI is InChI=1S/C36H47BFNO9/c1-9-39(34(37)42)25-18-24(30-29(19-25)46-36(6,7)48-33(30)41)11-10-12-28-32(47-35(4,5)45-28)31(27(38)17-21(2)22(3)40)44-20-23-13-15-26(43-8)16-14-23/h10-11,13-19,21-22,28,31-32,40H,9,12,20,37H2,1-8H3/b11-10+,27-17+/t21-,22+,28+,31-,32+/m1/s1. The summed E-state index contributed by atoms with van der Waals surface area (Å²) in [4.78, 5) is 27.1. The molecule has 1 fully saturated rings. The number of methoxy groups -OCH3 is 1. The summed E-state index contributed by atoms with van der Waals surface area (Å²) in [6.07, 6.45) is 1.73. The van der Waals surface area contributed by atoms with Crippen molar-refractivity contribution in [2.45, 2.75) is 97.5 Å². The quantitative estimate of drug-likeness (QED) is 0.205. The van der Waals surface area contributed by atoms with E-state index < -0.39 is 53.7 Å². The van der Waals surface area contributed by atoms with Gasteiger partial charge in [0.1, 0.15) is 35.1 Å². The van der Waals surface area contributed by atoms with Crippen molar-refractivity contribution in [3.8, 4) is 11.5 Å². The number of halogens is 1. The summed E-state index contributed by atoms with van der Waals surface area (Å²) >= 11 is 0. The summed E-state index contributed by atoms with van der Waals surface area (Å²) in [6.45, 7) is 12.5. The molecule has 1 N–H and O–H groups in total. The summed E-state index contributed by atoms with van der Waals surface area (Å²) in [5.74, 6) is -3.01. The largest absolute Gasteiger partial charge is 0.497 e. The Labute approximate surface area is 283 Å². The molecule has 0 aromatic heterocycles. The van der Waals surface area contributed by atoms with E-state index in [0.29, 0.717) is 29.3 Å². The number of cyclic esters (lactones) is 1. The highest BCUT2D eigenvalue weighted by molar-refractivity contribution is 6.60. The van der Waals surface area contributed by atoms with Crippen LogP contribution in [-0.2, 0) is 25.6 Å². The van der Waals surface area contributed by atoms with Gasteiger partial charge in [0, 0.05) is 38.1 Å². The smallest absolute Gasteiger partial charge is 0.345 e. The summed E-state index contributed by atoms with van der Waals surface area (Å²) in [5.41, 5.74) is 2.10. The number of ether oxygens (including phenoxy) is 6. The Kier molecular flexibility index (Phi) is 11.8. The number of aliphatic hydroxyl groups excluding tert-OH is 1. The SMILES string of the molecule is BC(=O)N(CC)c1cc(/C=C/C[C@@H]2OC(C)(C)O[C@@H]2[C@H](OCc2ccc(OC)cc2)/C(F)=C\[C@@H](C)[C@H](C)O)c2c(c1)OC(C)(C)OC2=O. The maximum atomic E-state index is 16.0. The number of esters is 1. The van der Waals surface area contributed by atoms with Crippen LogP contribution < -0.4 is 14.4 Å². The van der Waals surface area contributed by atoms with Crippen LogP contribution in [0.2, 0.25) is 0 Å². The first-order valence-corrected chi connectivity index (χ1v) is 16.2. The first kappa shape index (κ1) is 37.1. The van der Waals surface area contributed by atoms with Crippen molar-refractivity contribution in [1.29, 1.82) is 0 Å². The molecule has 2 aliphatic rings. The van der Waals surface area contributed by atoms with E-state index >= 15 is 4.39 Å². The molecule has 1 saturated heterocycles. The number of fused-ring (bicyclic) bond motifs is 1. The van der Waals surface area contributed by atoms with Crippen LogP contribution in [0, 0.1) is 5.92 Å². The molecule has 12 heteroatoms. The molecule has 4 rings (SSSR count). The Balaban J connectivity index is 1.66. The molecule has 2 heterocycles. The lowest BCUT2D eigenvalue weighted by molar-refractivity contribution is -0.158. The number of rotatable bonds is 13. The topological polar surface area (TPSA) is 113 Å². The average Bonchev–Trinajstić information content (AvgIpc) is 3.30. The monoisotopic (exact) mass is 667 g/mol. The predicted molar refractivity (Wildman–Crippen MR) is 183 cm³/mol. The Hall–Kier alpha value is -3.71. The fourth-order valence-corrected chi connectivity index (χ4v) is 5.71. The van der Waals surface area contributed by atoms with Gasteiger partial charge in [0.15, 0.2) is 11.6 Å². The van der Waals surface area contributed by atoms with Crippen LogP contribution in [0.1, 0.15) is 76.4 Å². The van der Waals surface area contributed by atoms with Gasteiger partial charge in [-0.25, -0.2) is 9.18 Å². The zero-order chi connectivity index (χ0) is 35.4. The molecule has 1 amide bonds. The maximum Gasteiger partial charge on any atom is 0.345 e. The fraction of sp³-hybridized carbons (Fsp3) is 0.500. The molecule has 5 atom stereocenters. The molecule has 2 aliphatic heterocycles. The van der Waals surface area contributed by atoms with Gasteiger partial charge in [0.2, 0.25) is 13.6 Å². The van der Waals surface area contributed by atoms with Crippen LogP contribution in [0.3, 0.4) is 0 Å². The van der Waals surface area contributed by atoms with Crippen molar-refractivity contribution in [3.05, 3.63) is 71.1 Å². The maximum absolute atomic E-state index is 16.0. The Bertz CT molecular complexity index is 1520. The molecule has 260 valence electrons. The second kappa shape index (κ2) is 15.2. The highest BCUT2D eigenvalue weighted by Crippen LogP contribution is 2.39. The molecule has 0 bridgehead atoms. The van der Waals surface area contributed by atoms with E-state index in [1.165, 1.54) is 13.9 Å². The normalized spacial score (nSPS) is 22.0. The lowest BCUT2D eigenvalue weighted by Crippen LogP contribution is -2.39. The number of anilines is 1. The molecular weight excluding hydrogens is 620 g/mol. The lowest BCUT2D eigenvalue weighted by Gasteiger charge is -2.33. The molecule has 0 unspecified atom stereocenters. The third-order valence-electron chi connectivity index (χ3n) is 8.25. The zero-order valence-corrected chi connectivity index (χ0v) is 29.2. The highest BCUT2D eigenvalue weighted by Gasteiger charge is 2.47. The van der Waals surface area contributed by atoms with Crippen molar-refractivity contribution in [1.82, 2.24) is 0 Å². The molecular formula is C36H47BFNO9. The first-order valence-electron chi connectivity index (χ1n) is 16.2. The van der Waals surface area contributed by atoms with Crippen molar-refractivity contribution in [2.75, 3.05) is 18.6 Å². The van der Waals surface area contributed by atoms with Crippen LogP contribution in [0.25, 0.3) is 6.08 Å². The number of nitrogens with zero attached hydrogens (tertiary/aromatic N) is 1. The third kappa shape index (κ3) is 9.05. The first-order chi connectivity index (χ1) is 22.5. The molecule has 10 nitrogen and oxygen atoms in total. The molecule has 0 radical (unpaired) electrons. The van der Waals surface area contributed by atoms with Crippen LogP contribution in [-0.4, -0.2) is 74.4 Å². The molecule has 48 heavy (non-hydrogen) atoms. The average molecular weight is 668 g/mol. The molecule has 2 aromatic rings. The van der Waals surface area contributed by atoms with Gasteiger partial charge in [-0.05, 0) is 69.5 Å². The van der Waals surface area contributed by atoms with Gasteiger partial charge in [-0.15, -0.1) is 0 Å². The van der Waals surface area contributed by atoms with Gasteiger partial charge in [0.05, 0.1) is 25.9 Å². The molecule has 0 spiro atoms. The van der Waals surface area contributed by atoms with Crippen molar-refractivity contribution in [2.24, 2.45) is 5.92 Å². The zero-order valence-electron chi connectivity index (χ0n) is 29.2. The van der Waals surface area contributed by atoms with E-state index in [2.05, 4.69) is 0 Å². The number of hydrogen-bond donors (Lipinski definition) is 1. The van der Waals surface area contributed by atoms with Crippen molar-refractivity contribution in [3.63, 3.8) is 0 Å². The second-order valence-electron chi connectivity index (χ2n) is 13.1. The summed E-state index contributed by atoms with van der Waals surface area (Å²) in [5, 5.41) is 10.1. The van der Waals surface area contributed by atoms with Gasteiger partial charge in [0.25, 0.3) is 0 Å². The van der Waals surface area contributed by atoms with E-state index in [-0.39, 0.29) is 24.4 Å². The van der Waals surface area contributed by atoms with E-state index in [0.717, 1.165) is 5.56 Å². The van der Waals surface area contributed by atoms with Gasteiger partial charge < -0.3 is 38.4 Å². The number of carbonyl (C=O) groups excluding carboxylic acids is 2. The second-order valence-corrected chi connectivity index (χ2v) is 13.1. The fourth-order valence-electron chi connectivity index (χ4n) is 5.71. The van der Waals surface area contributed by atoms with E-state index in [1.807, 2.05) is 19.1 Å². The number of carbonyl (C=O) groups is 2. The van der Waals surface area contributed by atoms with Crippen molar-refractivity contribution >= 4 is 31.4 Å². The van der Waals surface area contributed by atoms with Crippen LogP contribution in [0.15, 0.2) is 54.4 Å². The van der Waals surface area contributed by atoms with Crippen LogP contribution >= 0.6 is 0 Å². The minimum absolute atomic E-state index is 0.0866. The molecule has 0 aliphatic carbocycles. The van der Waals surface area contributed by atoms with Crippen LogP contribution in [0.4, 0.5) is 14.9 Å². The third-order valence-corrected chi connectivity index (χ3v) is 8.25. The number of benzene rings is 2. The number of amides is 1. The van der Waals surface area contributed by atoms with Gasteiger partial charge >= 0.3 is 5.97 Å². The minimum atomic E-state index is -1.19. The number of aliphatic hydroxyl groups is 1. The Morgan fingerprint density at radius 1 is 1.10 bits per heavy atom. The Morgan fingerprint density at radius 3 is 2.40 bits per heavy atom. The predicted octanol–water partition coefficient (Wildman–Crippen LogP) is 5.94. The summed E-state index contributed by atoms with van der Waals surface area (Å²) in [7, 11) is 3.05. The number of hydrogen-bond acceptors (Lipinski definition) is 9. The van der Waals surface area contributed by atoms with Gasteiger partial charge in [-0.3, -0.25) is 4.79 Å². The van der Waals surface area contributed by atoms with Gasteiger partial charge in [-0.1, -0.05) is 31.2 Å². The minimum Gasteiger partial charge on any atom is -0.497 e. The Morgan fingerprint density at radius 2 is 1.79 bits per heavy atom.